The Morgan fingerprint density at radius 2 is 1.82 bits per heavy atom. The van der Waals surface area contributed by atoms with Crippen LogP contribution in [0.2, 0.25) is 0 Å². The number of rotatable bonds is 5. The van der Waals surface area contributed by atoms with Crippen LogP contribution in [0.5, 0.6) is 0 Å². The average molecular weight is 404 g/mol. The summed E-state index contributed by atoms with van der Waals surface area (Å²) in [5, 5.41) is 0. The van der Waals surface area contributed by atoms with Gasteiger partial charge in [0.25, 0.3) is 0 Å². The molecular formula is C21H25NO5S. The standard InChI is InChI=1S/C21H25NO5S/c1-13-5-6-18(14(2)9-13)21(24)27-11-20(23)19-10-15(3)22(16(19)4)17-7-8-28(25,26)12-17/h5-6,9-10,17H,7-8,11-12H2,1-4H3/t17-/m0/s1. The molecule has 0 aliphatic carbocycles. The molecule has 2 aromatic rings. The molecule has 1 aliphatic rings. The molecule has 2 heterocycles. The molecular weight excluding hydrogens is 378 g/mol. The van der Waals surface area contributed by atoms with Crippen LogP contribution in [-0.4, -0.2) is 42.9 Å². The third kappa shape index (κ3) is 4.04. The van der Waals surface area contributed by atoms with Crippen molar-refractivity contribution >= 4 is 21.6 Å². The number of ether oxygens (including phenoxy) is 1. The van der Waals surface area contributed by atoms with Crippen molar-refractivity contribution in [3.8, 4) is 0 Å². The minimum atomic E-state index is -3.02. The normalized spacial score (nSPS) is 18.2. The molecule has 28 heavy (non-hydrogen) atoms. The highest BCUT2D eigenvalue weighted by Gasteiger charge is 2.31. The monoisotopic (exact) mass is 403 g/mol. The van der Waals surface area contributed by atoms with Gasteiger partial charge >= 0.3 is 5.97 Å². The maximum atomic E-state index is 12.6. The average Bonchev–Trinajstić information content (AvgIpc) is 3.10. The van der Waals surface area contributed by atoms with Crippen molar-refractivity contribution in [3.63, 3.8) is 0 Å². The van der Waals surface area contributed by atoms with Gasteiger partial charge < -0.3 is 9.30 Å². The van der Waals surface area contributed by atoms with Crippen molar-refractivity contribution < 1.29 is 22.7 Å². The van der Waals surface area contributed by atoms with Gasteiger partial charge in [-0.2, -0.15) is 0 Å². The Morgan fingerprint density at radius 3 is 2.43 bits per heavy atom. The molecule has 0 N–H and O–H groups in total. The van der Waals surface area contributed by atoms with Gasteiger partial charge in [-0.3, -0.25) is 4.79 Å². The second-order valence-corrected chi connectivity index (χ2v) is 9.76. The first-order valence-corrected chi connectivity index (χ1v) is 11.1. The highest BCUT2D eigenvalue weighted by atomic mass is 32.2. The summed E-state index contributed by atoms with van der Waals surface area (Å²) in [5.41, 5.74) is 4.32. The molecule has 1 saturated heterocycles. The fourth-order valence-electron chi connectivity index (χ4n) is 3.93. The molecule has 150 valence electrons. The molecule has 0 bridgehead atoms. The quantitative estimate of drug-likeness (QED) is 0.566. The molecule has 0 radical (unpaired) electrons. The van der Waals surface area contributed by atoms with Crippen molar-refractivity contribution in [2.45, 2.75) is 40.2 Å². The Morgan fingerprint density at radius 1 is 1.11 bits per heavy atom. The zero-order valence-corrected chi connectivity index (χ0v) is 17.4. The Labute approximate surface area is 165 Å². The minimum absolute atomic E-state index is 0.0959. The number of ketones is 1. The zero-order chi connectivity index (χ0) is 20.6. The summed E-state index contributed by atoms with van der Waals surface area (Å²) in [5.74, 6) is -0.552. The first kappa shape index (κ1) is 20.3. The molecule has 1 aromatic heterocycles. The van der Waals surface area contributed by atoms with Crippen molar-refractivity contribution in [2.24, 2.45) is 0 Å². The lowest BCUT2D eigenvalue weighted by Gasteiger charge is -2.16. The van der Waals surface area contributed by atoms with Crippen LogP contribution in [0.15, 0.2) is 24.3 Å². The molecule has 0 unspecified atom stereocenters. The van der Waals surface area contributed by atoms with Gasteiger partial charge in [0.2, 0.25) is 5.78 Å². The summed E-state index contributed by atoms with van der Waals surface area (Å²) in [6.07, 6.45) is 0.550. The number of benzene rings is 1. The molecule has 3 rings (SSSR count). The van der Waals surface area contributed by atoms with Gasteiger partial charge in [0, 0.05) is 23.0 Å². The van der Waals surface area contributed by atoms with Crippen molar-refractivity contribution in [2.75, 3.05) is 18.1 Å². The van der Waals surface area contributed by atoms with Gasteiger partial charge in [0.15, 0.2) is 16.4 Å². The number of esters is 1. The van der Waals surface area contributed by atoms with E-state index in [1.807, 2.05) is 37.5 Å². The van der Waals surface area contributed by atoms with Crippen LogP contribution < -0.4 is 0 Å². The van der Waals surface area contributed by atoms with Crippen molar-refractivity contribution in [1.82, 2.24) is 4.57 Å². The van der Waals surface area contributed by atoms with Gasteiger partial charge in [0.1, 0.15) is 0 Å². The number of Topliss-reactive ketones (excluding diaryl/α,β-unsaturated/α-hetero) is 1. The third-order valence-electron chi connectivity index (χ3n) is 5.29. The summed E-state index contributed by atoms with van der Waals surface area (Å²) in [6.45, 7) is 7.08. The van der Waals surface area contributed by atoms with Crippen LogP contribution in [-0.2, 0) is 14.6 Å². The number of hydrogen-bond donors (Lipinski definition) is 0. The molecule has 1 fully saturated rings. The smallest absolute Gasteiger partial charge is 0.338 e. The minimum Gasteiger partial charge on any atom is -0.454 e. The molecule has 1 aromatic carbocycles. The van der Waals surface area contributed by atoms with Gasteiger partial charge in [0.05, 0.1) is 17.1 Å². The largest absolute Gasteiger partial charge is 0.454 e. The Bertz CT molecular complexity index is 1050. The fourth-order valence-corrected chi connectivity index (χ4v) is 5.63. The van der Waals surface area contributed by atoms with E-state index in [4.69, 9.17) is 4.74 Å². The van der Waals surface area contributed by atoms with E-state index in [1.54, 1.807) is 19.1 Å². The molecule has 0 spiro atoms. The molecule has 1 atom stereocenters. The predicted octanol–water partition coefficient (Wildman–Crippen LogP) is 3.12. The number of aryl methyl sites for hydroxylation is 3. The van der Waals surface area contributed by atoms with E-state index in [2.05, 4.69) is 0 Å². The number of hydrogen-bond acceptors (Lipinski definition) is 5. The number of carbonyl (C=O) groups excluding carboxylic acids is 2. The van der Waals surface area contributed by atoms with Crippen LogP contribution in [0.3, 0.4) is 0 Å². The van der Waals surface area contributed by atoms with Crippen LogP contribution >= 0.6 is 0 Å². The second kappa shape index (κ2) is 7.54. The van der Waals surface area contributed by atoms with Gasteiger partial charge in [-0.05, 0) is 51.8 Å². The second-order valence-electron chi connectivity index (χ2n) is 7.53. The summed E-state index contributed by atoms with van der Waals surface area (Å²) in [6, 6.07) is 7.01. The van der Waals surface area contributed by atoms with E-state index in [9.17, 15) is 18.0 Å². The predicted molar refractivity (Wildman–Crippen MR) is 107 cm³/mol. The summed E-state index contributed by atoms with van der Waals surface area (Å²) >= 11 is 0. The molecule has 6 nitrogen and oxygen atoms in total. The lowest BCUT2D eigenvalue weighted by Crippen LogP contribution is -2.17. The highest BCUT2D eigenvalue weighted by Crippen LogP contribution is 2.29. The highest BCUT2D eigenvalue weighted by molar-refractivity contribution is 7.91. The fraction of sp³-hybridized carbons (Fsp3) is 0.429. The van der Waals surface area contributed by atoms with E-state index in [0.717, 1.165) is 16.8 Å². The SMILES string of the molecule is Cc1ccc(C(=O)OCC(=O)c2cc(C)n([C@H]3CCS(=O)(=O)C3)c2C)c(C)c1. The lowest BCUT2D eigenvalue weighted by molar-refractivity contribution is 0.0473. The summed E-state index contributed by atoms with van der Waals surface area (Å²) in [7, 11) is -3.02. The number of aromatic nitrogens is 1. The van der Waals surface area contributed by atoms with Crippen molar-refractivity contribution in [1.29, 1.82) is 0 Å². The van der Waals surface area contributed by atoms with Crippen molar-refractivity contribution in [3.05, 3.63) is 57.9 Å². The Hall–Kier alpha value is -2.41. The Balaban J connectivity index is 1.73. The van der Waals surface area contributed by atoms with Crippen LogP contribution in [0, 0.1) is 27.7 Å². The van der Waals surface area contributed by atoms with E-state index < -0.39 is 15.8 Å². The molecule has 0 amide bonds. The molecule has 0 saturated carbocycles. The van der Waals surface area contributed by atoms with E-state index in [0.29, 0.717) is 23.2 Å². The summed E-state index contributed by atoms with van der Waals surface area (Å²) in [4.78, 5) is 24.9. The topological polar surface area (TPSA) is 82.4 Å². The first-order valence-electron chi connectivity index (χ1n) is 9.25. The maximum absolute atomic E-state index is 12.6. The number of sulfone groups is 1. The first-order chi connectivity index (χ1) is 13.1. The van der Waals surface area contributed by atoms with Crippen LogP contribution in [0.25, 0.3) is 0 Å². The maximum Gasteiger partial charge on any atom is 0.338 e. The van der Waals surface area contributed by atoms with Gasteiger partial charge in [-0.1, -0.05) is 17.7 Å². The van der Waals surface area contributed by atoms with E-state index >= 15 is 0 Å². The summed E-state index contributed by atoms with van der Waals surface area (Å²) < 4.78 is 30.8. The van der Waals surface area contributed by atoms with Crippen LogP contribution in [0.1, 0.15) is 55.7 Å². The molecule has 7 heteroatoms. The Kier molecular flexibility index (Phi) is 5.48. The number of nitrogens with zero attached hydrogens (tertiary/aromatic N) is 1. The lowest BCUT2D eigenvalue weighted by atomic mass is 10.1. The number of carbonyl (C=O) groups is 2. The van der Waals surface area contributed by atoms with Crippen LogP contribution in [0.4, 0.5) is 0 Å². The third-order valence-corrected chi connectivity index (χ3v) is 7.04. The van der Waals surface area contributed by atoms with Gasteiger partial charge in [-0.25, -0.2) is 13.2 Å². The van der Waals surface area contributed by atoms with E-state index in [-0.39, 0.29) is 29.9 Å². The van der Waals surface area contributed by atoms with Gasteiger partial charge in [-0.15, -0.1) is 0 Å². The zero-order valence-electron chi connectivity index (χ0n) is 16.6. The molecule has 1 aliphatic heterocycles. The van der Waals surface area contributed by atoms with E-state index in [1.165, 1.54) is 0 Å².